The molecule has 0 saturated heterocycles. The molecule has 1 fully saturated rings. The number of phenols is 1. The Balaban J connectivity index is 2.27. The van der Waals surface area contributed by atoms with Crippen LogP contribution in [-0.2, 0) is 0 Å². The van der Waals surface area contributed by atoms with Gasteiger partial charge in [0.2, 0.25) is 0 Å². The van der Waals surface area contributed by atoms with E-state index in [4.69, 9.17) is 0 Å². The van der Waals surface area contributed by atoms with Gasteiger partial charge in [0.05, 0.1) is 0 Å². The highest BCUT2D eigenvalue weighted by Gasteiger charge is 2.41. The molecule has 1 aromatic carbocycles. The number of hydrogen-bond donors (Lipinski definition) is 1. The van der Waals surface area contributed by atoms with Gasteiger partial charge in [0.15, 0.2) is 0 Å². The molecule has 0 bridgehead atoms. The van der Waals surface area contributed by atoms with Crippen LogP contribution in [0, 0.1) is 6.92 Å². The summed E-state index contributed by atoms with van der Waals surface area (Å²) in [5.41, 5.74) is 0.427. The molecule has 1 aliphatic rings. The second-order valence-corrected chi connectivity index (χ2v) is 4.73. The van der Waals surface area contributed by atoms with Crippen molar-refractivity contribution in [2.45, 2.75) is 32.0 Å². The first-order valence-corrected chi connectivity index (χ1v) is 5.96. The molecular weight excluding hydrogens is 259 g/mol. The van der Waals surface area contributed by atoms with Crippen molar-refractivity contribution in [3.8, 4) is 5.75 Å². The Kier molecular flexibility index (Phi) is 3.43. The number of amides is 1. The second kappa shape index (κ2) is 4.75. The van der Waals surface area contributed by atoms with Gasteiger partial charge in [0, 0.05) is 17.2 Å². The zero-order chi connectivity index (χ0) is 14.2. The highest BCUT2D eigenvalue weighted by atomic mass is 19.4. The number of rotatable bonds is 3. The SMILES string of the molecule is Cc1c(O)cccc1C(=O)N(CC(F)(F)F)C1CC1. The maximum absolute atomic E-state index is 12.5. The lowest BCUT2D eigenvalue weighted by Crippen LogP contribution is -2.40. The lowest BCUT2D eigenvalue weighted by molar-refractivity contribution is -0.141. The molecule has 0 atom stereocenters. The Hall–Kier alpha value is -1.72. The van der Waals surface area contributed by atoms with Crippen molar-refractivity contribution < 1.29 is 23.1 Å². The van der Waals surface area contributed by atoms with E-state index in [1.54, 1.807) is 0 Å². The van der Waals surface area contributed by atoms with Crippen LogP contribution in [0.15, 0.2) is 18.2 Å². The van der Waals surface area contributed by atoms with Gasteiger partial charge in [-0.05, 0) is 31.9 Å². The summed E-state index contributed by atoms with van der Waals surface area (Å²) in [6.45, 7) is 0.271. The van der Waals surface area contributed by atoms with Crippen LogP contribution in [0.5, 0.6) is 5.75 Å². The Morgan fingerprint density at radius 2 is 2.05 bits per heavy atom. The zero-order valence-electron chi connectivity index (χ0n) is 10.4. The van der Waals surface area contributed by atoms with E-state index in [0.717, 1.165) is 4.90 Å². The van der Waals surface area contributed by atoms with Crippen molar-refractivity contribution in [3.63, 3.8) is 0 Å². The number of nitrogens with zero attached hydrogens (tertiary/aromatic N) is 1. The predicted octanol–water partition coefficient (Wildman–Crippen LogP) is 2.87. The van der Waals surface area contributed by atoms with Gasteiger partial charge in [-0.3, -0.25) is 4.79 Å². The molecule has 0 aromatic heterocycles. The van der Waals surface area contributed by atoms with Crippen molar-refractivity contribution in [1.82, 2.24) is 4.90 Å². The minimum Gasteiger partial charge on any atom is -0.508 e. The number of halogens is 3. The van der Waals surface area contributed by atoms with Gasteiger partial charge in [-0.2, -0.15) is 13.2 Å². The van der Waals surface area contributed by atoms with Crippen molar-refractivity contribution in [1.29, 1.82) is 0 Å². The van der Waals surface area contributed by atoms with E-state index >= 15 is 0 Å². The quantitative estimate of drug-likeness (QED) is 0.920. The number of carbonyl (C=O) groups excluding carboxylic acids is 1. The first-order valence-electron chi connectivity index (χ1n) is 5.96. The molecule has 0 aliphatic heterocycles. The molecule has 3 nitrogen and oxygen atoms in total. The normalized spacial score (nSPS) is 15.4. The molecule has 1 saturated carbocycles. The lowest BCUT2D eigenvalue weighted by atomic mass is 10.1. The molecule has 0 radical (unpaired) electrons. The van der Waals surface area contributed by atoms with E-state index in [1.165, 1.54) is 25.1 Å². The molecule has 2 rings (SSSR count). The largest absolute Gasteiger partial charge is 0.508 e. The summed E-state index contributed by atoms with van der Waals surface area (Å²) in [5, 5.41) is 9.52. The fraction of sp³-hybridized carbons (Fsp3) is 0.462. The van der Waals surface area contributed by atoms with Gasteiger partial charge in [-0.15, -0.1) is 0 Å². The number of hydrogen-bond acceptors (Lipinski definition) is 2. The Morgan fingerprint density at radius 1 is 1.42 bits per heavy atom. The summed E-state index contributed by atoms with van der Waals surface area (Å²) in [4.78, 5) is 13.0. The van der Waals surface area contributed by atoms with E-state index < -0.39 is 18.6 Å². The molecule has 1 N–H and O–H groups in total. The summed E-state index contributed by atoms with van der Waals surface area (Å²) in [6, 6.07) is 3.95. The van der Waals surface area contributed by atoms with Crippen LogP contribution < -0.4 is 0 Å². The molecule has 1 amide bonds. The van der Waals surface area contributed by atoms with Crippen LogP contribution in [0.4, 0.5) is 13.2 Å². The fourth-order valence-corrected chi connectivity index (χ4v) is 1.96. The third-order valence-corrected chi connectivity index (χ3v) is 3.13. The smallest absolute Gasteiger partial charge is 0.406 e. The Labute approximate surface area is 108 Å². The average molecular weight is 273 g/mol. The molecular formula is C13H14F3NO2. The Bertz CT molecular complexity index is 495. The van der Waals surface area contributed by atoms with Crippen LogP contribution in [0.1, 0.15) is 28.8 Å². The van der Waals surface area contributed by atoms with Crippen LogP contribution in [0.25, 0.3) is 0 Å². The van der Waals surface area contributed by atoms with Crippen molar-refractivity contribution >= 4 is 5.91 Å². The van der Waals surface area contributed by atoms with Crippen molar-refractivity contribution in [2.75, 3.05) is 6.54 Å². The third kappa shape index (κ3) is 3.19. The van der Waals surface area contributed by atoms with Crippen LogP contribution in [0.2, 0.25) is 0 Å². The van der Waals surface area contributed by atoms with Gasteiger partial charge < -0.3 is 10.0 Å². The first kappa shape index (κ1) is 13.7. The van der Waals surface area contributed by atoms with Gasteiger partial charge >= 0.3 is 6.18 Å². The fourth-order valence-electron chi connectivity index (χ4n) is 1.96. The summed E-state index contributed by atoms with van der Waals surface area (Å²) >= 11 is 0. The maximum atomic E-state index is 12.5. The van der Waals surface area contributed by atoms with E-state index in [2.05, 4.69) is 0 Å². The Morgan fingerprint density at radius 3 is 2.58 bits per heavy atom. The number of alkyl halides is 3. The molecule has 0 heterocycles. The minimum atomic E-state index is -4.41. The highest BCUT2D eigenvalue weighted by Crippen LogP contribution is 2.32. The molecule has 0 spiro atoms. The average Bonchev–Trinajstić information content (AvgIpc) is 3.12. The van der Waals surface area contributed by atoms with E-state index in [9.17, 15) is 23.1 Å². The van der Waals surface area contributed by atoms with Gasteiger partial charge in [0.25, 0.3) is 5.91 Å². The molecule has 19 heavy (non-hydrogen) atoms. The van der Waals surface area contributed by atoms with E-state index in [-0.39, 0.29) is 17.4 Å². The summed E-state index contributed by atoms with van der Waals surface area (Å²) in [7, 11) is 0. The van der Waals surface area contributed by atoms with Gasteiger partial charge in [0.1, 0.15) is 12.3 Å². The predicted molar refractivity (Wildman–Crippen MR) is 63.0 cm³/mol. The topological polar surface area (TPSA) is 40.5 Å². The van der Waals surface area contributed by atoms with Crippen molar-refractivity contribution in [2.24, 2.45) is 0 Å². The lowest BCUT2D eigenvalue weighted by Gasteiger charge is -2.24. The molecule has 0 unspecified atom stereocenters. The standard InChI is InChI=1S/C13H14F3NO2/c1-8-10(3-2-4-11(8)18)12(19)17(9-5-6-9)7-13(14,15)16/h2-4,9,18H,5-7H2,1H3. The summed E-state index contributed by atoms with van der Waals surface area (Å²) in [6.07, 6.45) is -3.22. The van der Waals surface area contributed by atoms with Gasteiger partial charge in [-0.25, -0.2) is 0 Å². The van der Waals surface area contributed by atoms with E-state index in [0.29, 0.717) is 18.4 Å². The third-order valence-electron chi connectivity index (χ3n) is 3.13. The monoisotopic (exact) mass is 273 g/mol. The van der Waals surface area contributed by atoms with Crippen LogP contribution in [-0.4, -0.2) is 34.7 Å². The van der Waals surface area contributed by atoms with E-state index in [1.807, 2.05) is 0 Å². The zero-order valence-corrected chi connectivity index (χ0v) is 10.4. The summed E-state index contributed by atoms with van der Waals surface area (Å²) in [5.74, 6) is -0.762. The minimum absolute atomic E-state index is 0.0893. The summed E-state index contributed by atoms with van der Waals surface area (Å²) < 4.78 is 37.5. The number of aromatic hydroxyl groups is 1. The number of benzene rings is 1. The highest BCUT2D eigenvalue weighted by molar-refractivity contribution is 5.96. The second-order valence-electron chi connectivity index (χ2n) is 4.73. The molecule has 1 aliphatic carbocycles. The molecule has 6 heteroatoms. The molecule has 104 valence electrons. The van der Waals surface area contributed by atoms with Crippen LogP contribution >= 0.6 is 0 Å². The van der Waals surface area contributed by atoms with Gasteiger partial charge in [-0.1, -0.05) is 6.07 Å². The number of carbonyl (C=O) groups is 1. The molecule has 1 aromatic rings. The van der Waals surface area contributed by atoms with Crippen LogP contribution in [0.3, 0.4) is 0 Å². The first-order chi connectivity index (χ1) is 8.79. The maximum Gasteiger partial charge on any atom is 0.406 e. The number of phenolic OH excluding ortho intramolecular Hbond substituents is 1. The van der Waals surface area contributed by atoms with Crippen molar-refractivity contribution in [3.05, 3.63) is 29.3 Å².